The fraction of sp³-hybridized carbons (Fsp3) is 0.0385. The van der Waals surface area contributed by atoms with E-state index in [0.717, 1.165) is 25.5 Å². The van der Waals surface area contributed by atoms with E-state index in [1.165, 1.54) is 6.07 Å². The van der Waals surface area contributed by atoms with E-state index < -0.39 is 0 Å². The Morgan fingerprint density at radius 1 is 0.933 bits per heavy atom. The molecule has 0 N–H and O–H groups in total. The van der Waals surface area contributed by atoms with Crippen molar-refractivity contribution in [1.29, 1.82) is 5.26 Å². The van der Waals surface area contributed by atoms with E-state index >= 15 is 0 Å². The van der Waals surface area contributed by atoms with E-state index in [4.69, 9.17) is 4.74 Å². The molecule has 2 nitrogen and oxygen atoms in total. The Hall–Kier alpha value is -3.17. The second kappa shape index (κ2) is 9.10. The molecule has 0 aliphatic rings. The lowest BCUT2D eigenvalue weighted by molar-refractivity contribution is 0.297. The molecule has 0 atom stereocenters. The van der Waals surface area contributed by atoms with Gasteiger partial charge >= 0.3 is 0 Å². The minimum absolute atomic E-state index is 0.165. The summed E-state index contributed by atoms with van der Waals surface area (Å²) in [6.45, 7) is 0.165. The second-order valence-corrected chi connectivity index (χ2v) is 7.96. The fourth-order valence-corrected chi connectivity index (χ4v) is 3.89. The van der Waals surface area contributed by atoms with E-state index in [0.29, 0.717) is 16.9 Å². The number of rotatable bonds is 5. The summed E-state index contributed by atoms with van der Waals surface area (Å²) < 4.78 is 20.5. The van der Waals surface area contributed by atoms with Gasteiger partial charge in [-0.2, -0.15) is 5.26 Å². The summed E-state index contributed by atoms with van der Waals surface area (Å²) in [5.41, 5.74) is 2.89. The number of ether oxygens (including phenoxy) is 1. The smallest absolute Gasteiger partial charge is 0.133 e. The molecular weight excluding hydrogens is 488 g/mol. The van der Waals surface area contributed by atoms with Gasteiger partial charge < -0.3 is 4.74 Å². The SMILES string of the molecule is N#C/C(=C/c1ccc(OCc2ccccc2F)c(I)c1)c1ccc2ccccc2c1. The maximum Gasteiger partial charge on any atom is 0.133 e. The minimum atomic E-state index is -0.277. The van der Waals surface area contributed by atoms with Crippen molar-refractivity contribution in [2.24, 2.45) is 0 Å². The van der Waals surface area contributed by atoms with E-state index in [1.54, 1.807) is 18.2 Å². The summed E-state index contributed by atoms with van der Waals surface area (Å²) in [6.07, 6.45) is 1.87. The van der Waals surface area contributed by atoms with Crippen molar-refractivity contribution in [2.75, 3.05) is 0 Å². The van der Waals surface area contributed by atoms with Crippen LogP contribution in [0.15, 0.2) is 84.9 Å². The van der Waals surface area contributed by atoms with Gasteiger partial charge in [0, 0.05) is 5.56 Å². The lowest BCUT2D eigenvalue weighted by atomic mass is 10.0. The van der Waals surface area contributed by atoms with Gasteiger partial charge in [0.2, 0.25) is 0 Å². The molecule has 4 rings (SSSR count). The lowest BCUT2D eigenvalue weighted by Crippen LogP contribution is -1.99. The number of benzene rings is 4. The predicted molar refractivity (Wildman–Crippen MR) is 127 cm³/mol. The van der Waals surface area contributed by atoms with Gasteiger partial charge in [-0.15, -0.1) is 0 Å². The van der Waals surface area contributed by atoms with Crippen LogP contribution in [0.1, 0.15) is 16.7 Å². The summed E-state index contributed by atoms with van der Waals surface area (Å²) in [4.78, 5) is 0. The monoisotopic (exact) mass is 505 g/mol. The molecule has 0 heterocycles. The summed E-state index contributed by atoms with van der Waals surface area (Å²) in [5.74, 6) is 0.404. The Labute approximate surface area is 188 Å². The number of nitrogens with zero attached hydrogens (tertiary/aromatic N) is 1. The number of allylic oxidation sites excluding steroid dienone is 1. The molecule has 0 aliphatic carbocycles. The van der Waals surface area contributed by atoms with Crippen LogP contribution in [0.25, 0.3) is 22.4 Å². The van der Waals surface area contributed by atoms with Crippen LogP contribution < -0.4 is 4.74 Å². The largest absolute Gasteiger partial charge is 0.488 e. The normalized spacial score (nSPS) is 11.3. The first-order valence-electron chi connectivity index (χ1n) is 9.41. The number of fused-ring (bicyclic) bond motifs is 1. The standard InChI is InChI=1S/C26H17FINO/c27-24-8-4-3-7-22(24)17-30-26-12-9-18(14-25(26)28)13-23(16-29)21-11-10-19-5-1-2-6-20(19)15-21/h1-15H,17H2/b23-13-. The van der Waals surface area contributed by atoms with Crippen LogP contribution in [-0.2, 0) is 6.61 Å². The predicted octanol–water partition coefficient (Wildman–Crippen LogP) is 7.23. The van der Waals surface area contributed by atoms with Crippen molar-refractivity contribution in [3.05, 3.63) is 111 Å². The van der Waals surface area contributed by atoms with Crippen LogP contribution in [0, 0.1) is 20.7 Å². The molecule has 0 fully saturated rings. The van der Waals surface area contributed by atoms with Crippen LogP contribution in [-0.4, -0.2) is 0 Å². The van der Waals surface area contributed by atoms with Crippen molar-refractivity contribution in [2.45, 2.75) is 6.61 Å². The Kier molecular flexibility index (Phi) is 6.10. The maximum atomic E-state index is 13.8. The van der Waals surface area contributed by atoms with Crippen LogP contribution in [0.5, 0.6) is 5.75 Å². The lowest BCUT2D eigenvalue weighted by Gasteiger charge is -2.10. The topological polar surface area (TPSA) is 33.0 Å². The van der Waals surface area contributed by atoms with E-state index in [-0.39, 0.29) is 12.4 Å². The van der Waals surface area contributed by atoms with Gasteiger partial charge in [-0.05, 0) is 74.8 Å². The minimum Gasteiger partial charge on any atom is -0.488 e. The van der Waals surface area contributed by atoms with Crippen LogP contribution >= 0.6 is 22.6 Å². The molecule has 146 valence electrons. The first-order valence-corrected chi connectivity index (χ1v) is 10.5. The average molecular weight is 505 g/mol. The molecular formula is C26H17FINO. The molecule has 4 heteroatoms. The number of hydrogen-bond donors (Lipinski definition) is 0. The highest BCUT2D eigenvalue weighted by Gasteiger charge is 2.07. The fourth-order valence-electron chi connectivity index (χ4n) is 3.20. The third kappa shape index (κ3) is 4.52. The average Bonchev–Trinajstić information content (AvgIpc) is 2.77. The third-order valence-corrected chi connectivity index (χ3v) is 5.63. The first-order chi connectivity index (χ1) is 14.6. The molecule has 0 bridgehead atoms. The Bertz CT molecular complexity index is 1290. The molecule has 4 aromatic carbocycles. The molecule has 0 saturated carbocycles. The van der Waals surface area contributed by atoms with Gasteiger partial charge in [-0.1, -0.05) is 60.7 Å². The molecule has 0 unspecified atom stereocenters. The Morgan fingerprint density at radius 3 is 2.47 bits per heavy atom. The summed E-state index contributed by atoms with van der Waals surface area (Å²) in [5, 5.41) is 11.9. The third-order valence-electron chi connectivity index (χ3n) is 4.79. The van der Waals surface area contributed by atoms with Crippen molar-refractivity contribution in [1.82, 2.24) is 0 Å². The van der Waals surface area contributed by atoms with E-state index in [1.807, 2.05) is 60.7 Å². The summed E-state index contributed by atoms with van der Waals surface area (Å²) in [7, 11) is 0. The highest BCUT2D eigenvalue weighted by molar-refractivity contribution is 14.1. The zero-order chi connectivity index (χ0) is 20.9. The molecule has 0 aromatic heterocycles. The van der Waals surface area contributed by atoms with Gasteiger partial charge in [0.25, 0.3) is 0 Å². The molecule has 0 radical (unpaired) electrons. The van der Waals surface area contributed by atoms with E-state index in [9.17, 15) is 9.65 Å². The van der Waals surface area contributed by atoms with Gasteiger partial charge in [0.05, 0.1) is 15.2 Å². The summed E-state index contributed by atoms with van der Waals surface area (Å²) >= 11 is 2.19. The van der Waals surface area contributed by atoms with E-state index in [2.05, 4.69) is 34.7 Å². The Morgan fingerprint density at radius 2 is 1.70 bits per heavy atom. The molecule has 0 aliphatic heterocycles. The van der Waals surface area contributed by atoms with Crippen LogP contribution in [0.4, 0.5) is 4.39 Å². The van der Waals surface area contributed by atoms with Crippen LogP contribution in [0.2, 0.25) is 0 Å². The van der Waals surface area contributed by atoms with Crippen LogP contribution in [0.3, 0.4) is 0 Å². The summed E-state index contributed by atoms with van der Waals surface area (Å²) in [6, 6.07) is 28.7. The first kappa shape index (κ1) is 20.1. The van der Waals surface area contributed by atoms with Gasteiger partial charge in [0.15, 0.2) is 0 Å². The second-order valence-electron chi connectivity index (χ2n) is 6.80. The van der Waals surface area contributed by atoms with Crippen molar-refractivity contribution in [3.63, 3.8) is 0 Å². The highest BCUT2D eigenvalue weighted by Crippen LogP contribution is 2.27. The van der Waals surface area contributed by atoms with Crippen molar-refractivity contribution < 1.29 is 9.13 Å². The molecule has 0 amide bonds. The molecule has 4 aromatic rings. The van der Waals surface area contributed by atoms with Crippen molar-refractivity contribution >= 4 is 45.0 Å². The highest BCUT2D eigenvalue weighted by atomic mass is 127. The maximum absolute atomic E-state index is 13.8. The zero-order valence-corrected chi connectivity index (χ0v) is 18.1. The zero-order valence-electron chi connectivity index (χ0n) is 16.0. The molecule has 0 saturated heterocycles. The number of halogens is 2. The quantitative estimate of drug-likeness (QED) is 0.163. The van der Waals surface area contributed by atoms with Crippen molar-refractivity contribution in [3.8, 4) is 11.8 Å². The van der Waals surface area contributed by atoms with Gasteiger partial charge in [-0.3, -0.25) is 0 Å². The molecule has 0 spiro atoms. The molecule has 30 heavy (non-hydrogen) atoms. The van der Waals surface area contributed by atoms with Gasteiger partial charge in [-0.25, -0.2) is 4.39 Å². The Balaban J connectivity index is 1.57. The number of hydrogen-bond acceptors (Lipinski definition) is 2. The number of nitriles is 1. The van der Waals surface area contributed by atoms with Gasteiger partial charge in [0.1, 0.15) is 18.2 Å².